The van der Waals surface area contributed by atoms with Crippen LogP contribution in [-0.2, 0) is 22.4 Å². The van der Waals surface area contributed by atoms with Crippen molar-refractivity contribution in [2.45, 2.75) is 19.0 Å². The summed E-state index contributed by atoms with van der Waals surface area (Å²) < 4.78 is 48.9. The number of hydrogen-bond donors (Lipinski definition) is 2. The van der Waals surface area contributed by atoms with Gasteiger partial charge in [0.25, 0.3) is 0 Å². The molecule has 0 bridgehead atoms. The molecule has 0 spiro atoms. The van der Waals surface area contributed by atoms with Gasteiger partial charge in [-0.05, 0) is 35.4 Å². The predicted molar refractivity (Wildman–Crippen MR) is 87.9 cm³/mol. The molecule has 0 saturated heterocycles. The number of anilines is 1. The van der Waals surface area contributed by atoms with Gasteiger partial charge in [-0.15, -0.1) is 0 Å². The van der Waals surface area contributed by atoms with Gasteiger partial charge < -0.3 is 10.6 Å². The zero-order chi connectivity index (χ0) is 19.2. The van der Waals surface area contributed by atoms with E-state index in [9.17, 15) is 27.2 Å². The second kappa shape index (κ2) is 8.46. The molecule has 0 fully saturated rings. The molecule has 4 nitrogen and oxygen atoms in total. The smallest absolute Gasteiger partial charge is 0.347 e. The third kappa shape index (κ3) is 6.92. The Morgan fingerprint density at radius 1 is 0.808 bits per heavy atom. The standard InChI is InChI=1S/C18H16F4N2O2/c19-14-5-1-12(2-6-14)10-17(26)24-15-7-3-13(4-8-15)9-16(25)23-11-18(20,21)22/h1-8H,9-11H2,(H,23,25)(H,24,26). The highest BCUT2D eigenvalue weighted by Gasteiger charge is 2.27. The summed E-state index contributed by atoms with van der Waals surface area (Å²) in [6, 6.07) is 11.7. The molecule has 0 unspecified atom stereocenters. The number of halogens is 4. The van der Waals surface area contributed by atoms with Crippen LogP contribution in [0, 0.1) is 5.82 Å². The van der Waals surface area contributed by atoms with Gasteiger partial charge in [0, 0.05) is 5.69 Å². The summed E-state index contributed by atoms with van der Waals surface area (Å²) in [6.45, 7) is -1.37. The van der Waals surface area contributed by atoms with Gasteiger partial charge in [0.2, 0.25) is 11.8 Å². The number of hydrogen-bond acceptors (Lipinski definition) is 2. The molecule has 0 heterocycles. The molecule has 0 radical (unpaired) electrons. The highest BCUT2D eigenvalue weighted by Crippen LogP contribution is 2.13. The second-order valence-electron chi connectivity index (χ2n) is 5.62. The second-order valence-corrected chi connectivity index (χ2v) is 5.62. The Bertz CT molecular complexity index is 756. The molecule has 0 atom stereocenters. The number of rotatable bonds is 6. The van der Waals surface area contributed by atoms with Crippen molar-refractivity contribution in [1.82, 2.24) is 5.32 Å². The molecule has 138 valence electrons. The zero-order valence-electron chi connectivity index (χ0n) is 13.6. The molecule has 2 amide bonds. The van der Waals surface area contributed by atoms with Crippen LogP contribution in [0.2, 0.25) is 0 Å². The fraction of sp³-hybridized carbons (Fsp3) is 0.222. The van der Waals surface area contributed by atoms with Gasteiger partial charge in [0.15, 0.2) is 0 Å². The largest absolute Gasteiger partial charge is 0.405 e. The molecule has 0 aliphatic rings. The summed E-state index contributed by atoms with van der Waals surface area (Å²) in [6.07, 6.45) is -4.57. The van der Waals surface area contributed by atoms with Gasteiger partial charge in [0.1, 0.15) is 12.4 Å². The average molecular weight is 368 g/mol. The lowest BCUT2D eigenvalue weighted by Gasteiger charge is -2.09. The van der Waals surface area contributed by atoms with Gasteiger partial charge >= 0.3 is 6.18 Å². The van der Waals surface area contributed by atoms with E-state index in [-0.39, 0.29) is 24.6 Å². The van der Waals surface area contributed by atoms with E-state index in [0.717, 1.165) is 0 Å². The van der Waals surface area contributed by atoms with Crippen LogP contribution in [0.4, 0.5) is 23.2 Å². The molecule has 0 aromatic heterocycles. The first-order chi connectivity index (χ1) is 12.2. The van der Waals surface area contributed by atoms with E-state index < -0.39 is 18.6 Å². The highest BCUT2D eigenvalue weighted by atomic mass is 19.4. The maximum Gasteiger partial charge on any atom is 0.405 e. The summed E-state index contributed by atoms with van der Waals surface area (Å²) in [5, 5.41) is 4.44. The van der Waals surface area contributed by atoms with Crippen molar-refractivity contribution in [2.24, 2.45) is 0 Å². The molecule has 0 aliphatic heterocycles. The minimum absolute atomic E-state index is 0.0713. The summed E-state index contributed by atoms with van der Waals surface area (Å²) >= 11 is 0. The first-order valence-electron chi connectivity index (χ1n) is 7.68. The van der Waals surface area contributed by atoms with Crippen LogP contribution in [0.25, 0.3) is 0 Å². The Labute approximate surface area is 147 Å². The molecule has 0 saturated carbocycles. The third-order valence-corrected chi connectivity index (χ3v) is 3.37. The van der Waals surface area contributed by atoms with Crippen LogP contribution in [0.15, 0.2) is 48.5 Å². The monoisotopic (exact) mass is 368 g/mol. The van der Waals surface area contributed by atoms with Crippen molar-refractivity contribution in [3.8, 4) is 0 Å². The Morgan fingerprint density at radius 2 is 1.31 bits per heavy atom. The van der Waals surface area contributed by atoms with E-state index in [1.54, 1.807) is 29.6 Å². The lowest BCUT2D eigenvalue weighted by molar-refractivity contribution is -0.138. The van der Waals surface area contributed by atoms with Crippen molar-refractivity contribution in [3.05, 3.63) is 65.5 Å². The maximum atomic E-state index is 12.8. The van der Waals surface area contributed by atoms with E-state index in [4.69, 9.17) is 0 Å². The molecule has 8 heteroatoms. The van der Waals surface area contributed by atoms with Crippen molar-refractivity contribution in [2.75, 3.05) is 11.9 Å². The van der Waals surface area contributed by atoms with Gasteiger partial charge in [-0.3, -0.25) is 9.59 Å². The quantitative estimate of drug-likeness (QED) is 0.770. The fourth-order valence-electron chi connectivity index (χ4n) is 2.15. The van der Waals surface area contributed by atoms with E-state index in [2.05, 4.69) is 5.32 Å². The minimum atomic E-state index is -4.45. The Balaban J connectivity index is 1.83. The molecule has 2 aromatic carbocycles. The normalized spacial score (nSPS) is 11.1. The number of benzene rings is 2. The van der Waals surface area contributed by atoms with E-state index in [1.165, 1.54) is 24.3 Å². The maximum absolute atomic E-state index is 12.8. The van der Waals surface area contributed by atoms with E-state index in [0.29, 0.717) is 16.8 Å². The van der Waals surface area contributed by atoms with Crippen molar-refractivity contribution >= 4 is 17.5 Å². The van der Waals surface area contributed by atoms with Gasteiger partial charge in [0.05, 0.1) is 12.8 Å². The number of amides is 2. The van der Waals surface area contributed by atoms with Crippen LogP contribution >= 0.6 is 0 Å². The molecule has 2 aromatic rings. The zero-order valence-corrected chi connectivity index (χ0v) is 13.6. The summed E-state index contributed by atoms with van der Waals surface area (Å²) in [4.78, 5) is 23.4. The SMILES string of the molecule is O=C(Cc1ccc(NC(=O)Cc2ccc(F)cc2)cc1)NCC(F)(F)F. The summed E-state index contributed by atoms with van der Waals surface area (Å²) in [5.41, 5.74) is 1.65. The van der Waals surface area contributed by atoms with Crippen LogP contribution in [0.3, 0.4) is 0 Å². The Hall–Kier alpha value is -2.90. The van der Waals surface area contributed by atoms with Gasteiger partial charge in [-0.2, -0.15) is 13.2 Å². The summed E-state index contributed by atoms with van der Waals surface area (Å²) in [5.74, 6) is -1.42. The number of carbonyl (C=O) groups excluding carboxylic acids is 2. The molecule has 2 rings (SSSR count). The van der Waals surface area contributed by atoms with Crippen LogP contribution < -0.4 is 10.6 Å². The third-order valence-electron chi connectivity index (χ3n) is 3.37. The number of carbonyl (C=O) groups is 2. The Kier molecular flexibility index (Phi) is 6.32. The van der Waals surface area contributed by atoms with Crippen LogP contribution in [-0.4, -0.2) is 24.5 Å². The van der Waals surface area contributed by atoms with Crippen molar-refractivity contribution in [3.63, 3.8) is 0 Å². The van der Waals surface area contributed by atoms with Gasteiger partial charge in [-0.1, -0.05) is 24.3 Å². The van der Waals surface area contributed by atoms with Crippen molar-refractivity contribution < 1.29 is 27.2 Å². The lowest BCUT2D eigenvalue weighted by Crippen LogP contribution is -2.34. The number of nitrogens with one attached hydrogen (secondary N) is 2. The first-order valence-corrected chi connectivity index (χ1v) is 7.68. The molecular weight excluding hydrogens is 352 g/mol. The fourth-order valence-corrected chi connectivity index (χ4v) is 2.15. The lowest BCUT2D eigenvalue weighted by atomic mass is 10.1. The highest BCUT2D eigenvalue weighted by molar-refractivity contribution is 5.92. The summed E-state index contributed by atoms with van der Waals surface area (Å²) in [7, 11) is 0. The molecule has 2 N–H and O–H groups in total. The van der Waals surface area contributed by atoms with Crippen molar-refractivity contribution in [1.29, 1.82) is 0 Å². The van der Waals surface area contributed by atoms with Crippen LogP contribution in [0.1, 0.15) is 11.1 Å². The first kappa shape index (κ1) is 19.4. The topological polar surface area (TPSA) is 58.2 Å². The predicted octanol–water partition coefficient (Wildman–Crippen LogP) is 3.23. The number of alkyl halides is 3. The molecular formula is C18H16F4N2O2. The average Bonchev–Trinajstić information content (AvgIpc) is 2.56. The Morgan fingerprint density at radius 3 is 1.85 bits per heavy atom. The molecule has 26 heavy (non-hydrogen) atoms. The van der Waals surface area contributed by atoms with E-state index >= 15 is 0 Å². The minimum Gasteiger partial charge on any atom is -0.347 e. The van der Waals surface area contributed by atoms with Gasteiger partial charge in [-0.25, -0.2) is 4.39 Å². The van der Waals surface area contributed by atoms with E-state index in [1.807, 2.05) is 0 Å². The molecule has 0 aliphatic carbocycles. The van der Waals surface area contributed by atoms with Crippen LogP contribution in [0.5, 0.6) is 0 Å².